The lowest BCUT2D eigenvalue weighted by atomic mass is 10.1. The van der Waals surface area contributed by atoms with Gasteiger partial charge in [-0.15, -0.1) is 10.2 Å². The van der Waals surface area contributed by atoms with Gasteiger partial charge in [0, 0.05) is 18.9 Å². The summed E-state index contributed by atoms with van der Waals surface area (Å²) < 4.78 is 0. The van der Waals surface area contributed by atoms with Gasteiger partial charge < -0.3 is 5.11 Å². The van der Waals surface area contributed by atoms with Crippen molar-refractivity contribution in [3.05, 3.63) is 5.01 Å². The standard InChI is InChI=1S/C10H13N3O3S/c1-5(2)8-11-12-10(17-8)13-4-6(9(15)16)3-7(13)14/h5-6H,3-4H2,1-2H3,(H,15,16)/t6-/m1/s1. The van der Waals surface area contributed by atoms with Gasteiger partial charge in [-0.25, -0.2) is 0 Å². The summed E-state index contributed by atoms with van der Waals surface area (Å²) in [4.78, 5) is 23.9. The largest absolute Gasteiger partial charge is 0.481 e. The molecule has 17 heavy (non-hydrogen) atoms. The third-order valence-electron chi connectivity index (χ3n) is 2.63. The van der Waals surface area contributed by atoms with E-state index in [4.69, 9.17) is 5.11 Å². The SMILES string of the molecule is CC(C)c1nnc(N2C[C@H](C(=O)O)CC2=O)s1. The molecule has 1 aliphatic rings. The van der Waals surface area contributed by atoms with Crippen LogP contribution in [0.4, 0.5) is 5.13 Å². The minimum Gasteiger partial charge on any atom is -0.481 e. The van der Waals surface area contributed by atoms with Crippen molar-refractivity contribution in [2.75, 3.05) is 11.4 Å². The second-order valence-corrected chi connectivity index (χ2v) is 5.31. The zero-order valence-electron chi connectivity index (χ0n) is 9.58. The molecular weight excluding hydrogens is 242 g/mol. The number of amides is 1. The summed E-state index contributed by atoms with van der Waals surface area (Å²) in [6.07, 6.45) is 0.0475. The van der Waals surface area contributed by atoms with Crippen molar-refractivity contribution in [2.45, 2.75) is 26.2 Å². The summed E-state index contributed by atoms with van der Waals surface area (Å²) in [7, 11) is 0. The molecular formula is C10H13N3O3S. The first-order valence-corrected chi connectivity index (χ1v) is 6.17. The van der Waals surface area contributed by atoms with Gasteiger partial charge in [0.15, 0.2) is 0 Å². The van der Waals surface area contributed by atoms with E-state index < -0.39 is 11.9 Å². The Balaban J connectivity index is 2.17. The predicted molar refractivity (Wildman–Crippen MR) is 62.1 cm³/mol. The van der Waals surface area contributed by atoms with Crippen molar-refractivity contribution in [1.82, 2.24) is 10.2 Å². The maximum Gasteiger partial charge on any atom is 0.308 e. The number of carboxylic acid groups (broad SMARTS) is 1. The quantitative estimate of drug-likeness (QED) is 0.874. The lowest BCUT2D eigenvalue weighted by Crippen LogP contribution is -2.25. The molecule has 0 radical (unpaired) electrons. The maximum absolute atomic E-state index is 11.7. The van der Waals surface area contributed by atoms with Gasteiger partial charge in [0.25, 0.3) is 0 Å². The van der Waals surface area contributed by atoms with Gasteiger partial charge >= 0.3 is 5.97 Å². The molecule has 2 rings (SSSR count). The number of carbonyl (C=O) groups excluding carboxylic acids is 1. The van der Waals surface area contributed by atoms with Crippen molar-refractivity contribution < 1.29 is 14.7 Å². The fourth-order valence-corrected chi connectivity index (χ4v) is 2.50. The first kappa shape index (κ1) is 12.0. The second-order valence-electron chi connectivity index (χ2n) is 4.32. The Morgan fingerprint density at radius 2 is 2.24 bits per heavy atom. The fraction of sp³-hybridized carbons (Fsp3) is 0.600. The zero-order chi connectivity index (χ0) is 12.6. The van der Waals surface area contributed by atoms with E-state index in [0.717, 1.165) is 5.01 Å². The highest BCUT2D eigenvalue weighted by atomic mass is 32.1. The summed E-state index contributed by atoms with van der Waals surface area (Å²) >= 11 is 1.35. The van der Waals surface area contributed by atoms with E-state index in [1.165, 1.54) is 16.2 Å². The van der Waals surface area contributed by atoms with Crippen LogP contribution in [0.3, 0.4) is 0 Å². The number of aromatic nitrogens is 2. The highest BCUT2D eigenvalue weighted by Crippen LogP contribution is 2.30. The molecule has 6 nitrogen and oxygen atoms in total. The molecule has 92 valence electrons. The lowest BCUT2D eigenvalue weighted by molar-refractivity contribution is -0.141. The minimum absolute atomic E-state index is 0.0475. The van der Waals surface area contributed by atoms with E-state index in [2.05, 4.69) is 10.2 Å². The molecule has 0 aromatic carbocycles. The zero-order valence-corrected chi connectivity index (χ0v) is 10.4. The van der Waals surface area contributed by atoms with E-state index in [0.29, 0.717) is 5.13 Å². The molecule has 1 aliphatic heterocycles. The summed E-state index contributed by atoms with van der Waals surface area (Å²) in [5, 5.41) is 18.2. The molecule has 1 fully saturated rings. The molecule has 0 saturated carbocycles. The van der Waals surface area contributed by atoms with Crippen LogP contribution in [0.1, 0.15) is 31.2 Å². The Kier molecular flexibility index (Phi) is 3.10. The number of carbonyl (C=O) groups is 2. The van der Waals surface area contributed by atoms with Crippen molar-refractivity contribution in [1.29, 1.82) is 0 Å². The van der Waals surface area contributed by atoms with Crippen LogP contribution >= 0.6 is 11.3 Å². The van der Waals surface area contributed by atoms with Gasteiger partial charge in [-0.1, -0.05) is 25.2 Å². The van der Waals surface area contributed by atoms with Crippen molar-refractivity contribution >= 4 is 28.3 Å². The van der Waals surface area contributed by atoms with Crippen LogP contribution in [-0.4, -0.2) is 33.7 Å². The van der Waals surface area contributed by atoms with E-state index in [-0.39, 0.29) is 24.8 Å². The van der Waals surface area contributed by atoms with Crippen LogP contribution in [0.2, 0.25) is 0 Å². The van der Waals surface area contributed by atoms with Gasteiger partial charge in [-0.3, -0.25) is 14.5 Å². The molecule has 7 heteroatoms. The number of anilines is 1. The molecule has 0 bridgehead atoms. The van der Waals surface area contributed by atoms with Crippen LogP contribution < -0.4 is 4.90 Å². The van der Waals surface area contributed by atoms with E-state index in [1.54, 1.807) is 0 Å². The van der Waals surface area contributed by atoms with Gasteiger partial charge in [0.2, 0.25) is 11.0 Å². The number of nitrogens with zero attached hydrogens (tertiary/aromatic N) is 3. The Labute approximate surface area is 102 Å². The second kappa shape index (κ2) is 4.40. The lowest BCUT2D eigenvalue weighted by Gasteiger charge is -2.10. The Morgan fingerprint density at radius 3 is 2.71 bits per heavy atom. The van der Waals surface area contributed by atoms with Crippen LogP contribution in [0.5, 0.6) is 0 Å². The topological polar surface area (TPSA) is 83.4 Å². The minimum atomic E-state index is -0.936. The number of hydrogen-bond acceptors (Lipinski definition) is 5. The summed E-state index contributed by atoms with van der Waals surface area (Å²) in [5.74, 6) is -1.50. The monoisotopic (exact) mass is 255 g/mol. The molecule has 1 amide bonds. The van der Waals surface area contributed by atoms with Gasteiger partial charge in [-0.05, 0) is 0 Å². The predicted octanol–water partition coefficient (Wildman–Crippen LogP) is 1.10. The number of carboxylic acids is 1. The van der Waals surface area contributed by atoms with Gasteiger partial charge in [0.05, 0.1) is 5.92 Å². The third-order valence-corrected chi connectivity index (χ3v) is 3.88. The van der Waals surface area contributed by atoms with Crippen LogP contribution in [0.15, 0.2) is 0 Å². The van der Waals surface area contributed by atoms with Crippen molar-refractivity contribution in [2.24, 2.45) is 5.92 Å². The molecule has 1 aromatic heterocycles. The number of aliphatic carboxylic acids is 1. The third kappa shape index (κ3) is 2.28. The average Bonchev–Trinajstić information content (AvgIpc) is 2.83. The number of rotatable bonds is 3. The average molecular weight is 255 g/mol. The van der Waals surface area contributed by atoms with Gasteiger partial charge in [0.1, 0.15) is 5.01 Å². The van der Waals surface area contributed by atoms with E-state index in [9.17, 15) is 9.59 Å². The molecule has 0 aliphatic carbocycles. The molecule has 1 aromatic rings. The molecule has 0 unspecified atom stereocenters. The van der Waals surface area contributed by atoms with Crippen LogP contribution in [-0.2, 0) is 9.59 Å². The maximum atomic E-state index is 11.7. The van der Waals surface area contributed by atoms with Crippen molar-refractivity contribution in [3.63, 3.8) is 0 Å². The van der Waals surface area contributed by atoms with Gasteiger partial charge in [-0.2, -0.15) is 0 Å². The molecule has 0 spiro atoms. The summed E-state index contributed by atoms with van der Waals surface area (Å²) in [6.45, 7) is 4.19. The highest BCUT2D eigenvalue weighted by molar-refractivity contribution is 7.15. The highest BCUT2D eigenvalue weighted by Gasteiger charge is 2.36. The summed E-state index contributed by atoms with van der Waals surface area (Å²) in [5.41, 5.74) is 0. The molecule has 1 atom stereocenters. The summed E-state index contributed by atoms with van der Waals surface area (Å²) in [6, 6.07) is 0. The number of hydrogen-bond donors (Lipinski definition) is 1. The fourth-order valence-electron chi connectivity index (χ4n) is 1.63. The normalized spacial score (nSPS) is 20.3. The van der Waals surface area contributed by atoms with Crippen molar-refractivity contribution in [3.8, 4) is 0 Å². The Bertz CT molecular complexity index is 457. The molecule has 1 N–H and O–H groups in total. The van der Waals surface area contributed by atoms with E-state index in [1.807, 2.05) is 13.8 Å². The Hall–Kier alpha value is -1.50. The Morgan fingerprint density at radius 1 is 1.53 bits per heavy atom. The molecule has 2 heterocycles. The van der Waals surface area contributed by atoms with Crippen LogP contribution in [0.25, 0.3) is 0 Å². The van der Waals surface area contributed by atoms with E-state index >= 15 is 0 Å². The van der Waals surface area contributed by atoms with Crippen LogP contribution in [0, 0.1) is 5.92 Å². The smallest absolute Gasteiger partial charge is 0.308 e. The molecule has 1 saturated heterocycles. The first-order valence-electron chi connectivity index (χ1n) is 5.35. The first-order chi connectivity index (χ1) is 7.99.